The Morgan fingerprint density at radius 3 is 1.67 bits per heavy atom. The third-order valence-electron chi connectivity index (χ3n) is 1.05. The fraction of sp³-hybridized carbons (Fsp3) is 0.333. The number of hydrogen-bond acceptors (Lipinski definition) is 3. The molecule has 0 spiro atoms. The molecular weight excluding hydrogens is 156 g/mol. The highest BCUT2D eigenvalue weighted by atomic mass is 16.3. The van der Waals surface area contributed by atoms with E-state index in [-0.39, 0.29) is 18.1 Å². The SMILES string of the molecule is CCO.Cc1cc(O)cc(O)c1. The van der Waals surface area contributed by atoms with Gasteiger partial charge in [0.15, 0.2) is 0 Å². The van der Waals surface area contributed by atoms with Gasteiger partial charge in [0.05, 0.1) is 0 Å². The average molecular weight is 170 g/mol. The van der Waals surface area contributed by atoms with Gasteiger partial charge in [0.25, 0.3) is 0 Å². The standard InChI is InChI=1S/C7H8O2.C2H6O/c1-5-2-6(8)4-7(9)3-5;1-2-3/h2-4,8-9H,1H3;3H,2H2,1H3. The number of aryl methyl sites for hydroxylation is 1. The van der Waals surface area contributed by atoms with Crippen LogP contribution in [0.5, 0.6) is 11.5 Å². The molecule has 0 unspecified atom stereocenters. The zero-order valence-corrected chi connectivity index (χ0v) is 7.28. The van der Waals surface area contributed by atoms with Crippen LogP contribution in [0.4, 0.5) is 0 Å². The van der Waals surface area contributed by atoms with E-state index in [2.05, 4.69) is 0 Å². The molecular formula is C9H14O3. The highest BCUT2D eigenvalue weighted by Gasteiger charge is 1.91. The minimum Gasteiger partial charge on any atom is -0.508 e. The summed E-state index contributed by atoms with van der Waals surface area (Å²) in [5.74, 6) is 0.208. The number of rotatable bonds is 0. The van der Waals surface area contributed by atoms with E-state index >= 15 is 0 Å². The summed E-state index contributed by atoms with van der Waals surface area (Å²) in [7, 11) is 0. The maximum atomic E-state index is 8.83. The van der Waals surface area contributed by atoms with Gasteiger partial charge in [-0.2, -0.15) is 0 Å². The Morgan fingerprint density at radius 2 is 1.42 bits per heavy atom. The van der Waals surface area contributed by atoms with Crippen LogP contribution in [-0.2, 0) is 0 Å². The Labute approximate surface area is 71.9 Å². The fourth-order valence-corrected chi connectivity index (χ4v) is 0.743. The highest BCUT2D eigenvalue weighted by molar-refractivity contribution is 5.35. The second kappa shape index (κ2) is 5.43. The average Bonchev–Trinajstić information content (AvgIpc) is 1.84. The zero-order valence-electron chi connectivity index (χ0n) is 7.28. The summed E-state index contributed by atoms with van der Waals surface area (Å²) < 4.78 is 0. The molecule has 3 N–H and O–H groups in total. The van der Waals surface area contributed by atoms with Crippen LogP contribution < -0.4 is 0 Å². The lowest BCUT2D eigenvalue weighted by atomic mass is 10.2. The van der Waals surface area contributed by atoms with Crippen molar-refractivity contribution in [2.45, 2.75) is 13.8 Å². The zero-order chi connectivity index (χ0) is 9.56. The molecule has 3 heteroatoms. The van der Waals surface area contributed by atoms with Crippen LogP contribution in [0.1, 0.15) is 12.5 Å². The van der Waals surface area contributed by atoms with Crippen molar-refractivity contribution in [3.05, 3.63) is 23.8 Å². The van der Waals surface area contributed by atoms with Gasteiger partial charge in [-0.1, -0.05) is 0 Å². The highest BCUT2D eigenvalue weighted by Crippen LogP contribution is 2.18. The summed E-state index contributed by atoms with van der Waals surface area (Å²) in [6, 6.07) is 4.46. The molecule has 0 aliphatic rings. The van der Waals surface area contributed by atoms with E-state index < -0.39 is 0 Å². The first-order chi connectivity index (χ1) is 5.60. The number of phenols is 2. The van der Waals surface area contributed by atoms with Gasteiger partial charge >= 0.3 is 0 Å². The number of aliphatic hydroxyl groups is 1. The number of phenolic OH excluding ortho intramolecular Hbond substituents is 2. The van der Waals surface area contributed by atoms with Gasteiger partial charge in [-0.3, -0.25) is 0 Å². The van der Waals surface area contributed by atoms with Crippen molar-refractivity contribution in [1.82, 2.24) is 0 Å². The Kier molecular flexibility index (Phi) is 4.88. The van der Waals surface area contributed by atoms with Gasteiger partial charge in [0, 0.05) is 12.7 Å². The van der Waals surface area contributed by atoms with E-state index in [1.54, 1.807) is 26.0 Å². The molecule has 0 aliphatic heterocycles. The fourth-order valence-electron chi connectivity index (χ4n) is 0.743. The van der Waals surface area contributed by atoms with Crippen LogP contribution in [0.2, 0.25) is 0 Å². The van der Waals surface area contributed by atoms with Crippen molar-refractivity contribution in [1.29, 1.82) is 0 Å². The van der Waals surface area contributed by atoms with Crippen LogP contribution in [0, 0.1) is 6.92 Å². The van der Waals surface area contributed by atoms with Crippen LogP contribution in [0.3, 0.4) is 0 Å². The Balaban J connectivity index is 0.000000354. The minimum atomic E-state index is 0.104. The van der Waals surface area contributed by atoms with Crippen molar-refractivity contribution in [2.75, 3.05) is 6.61 Å². The van der Waals surface area contributed by atoms with Crippen LogP contribution >= 0.6 is 0 Å². The lowest BCUT2D eigenvalue weighted by Crippen LogP contribution is -1.70. The van der Waals surface area contributed by atoms with Crippen molar-refractivity contribution < 1.29 is 15.3 Å². The summed E-state index contributed by atoms with van der Waals surface area (Å²) in [6.45, 7) is 3.74. The molecule has 0 fully saturated rings. The van der Waals surface area contributed by atoms with Gasteiger partial charge in [-0.05, 0) is 31.5 Å². The molecule has 0 heterocycles. The molecule has 3 nitrogen and oxygen atoms in total. The Morgan fingerprint density at radius 1 is 1.08 bits per heavy atom. The number of benzene rings is 1. The summed E-state index contributed by atoms with van der Waals surface area (Å²) in [6.07, 6.45) is 0. The van der Waals surface area contributed by atoms with Gasteiger partial charge < -0.3 is 15.3 Å². The predicted molar refractivity (Wildman–Crippen MR) is 47.3 cm³/mol. The van der Waals surface area contributed by atoms with Crippen molar-refractivity contribution >= 4 is 0 Å². The monoisotopic (exact) mass is 170 g/mol. The third kappa shape index (κ3) is 4.57. The minimum absolute atomic E-state index is 0.104. The first-order valence-corrected chi connectivity index (χ1v) is 3.70. The molecule has 12 heavy (non-hydrogen) atoms. The third-order valence-corrected chi connectivity index (χ3v) is 1.05. The smallest absolute Gasteiger partial charge is 0.119 e. The lowest BCUT2D eigenvalue weighted by molar-refractivity contribution is 0.318. The second-order valence-corrected chi connectivity index (χ2v) is 2.34. The van der Waals surface area contributed by atoms with Gasteiger partial charge in [-0.25, -0.2) is 0 Å². The van der Waals surface area contributed by atoms with Crippen LogP contribution in [0.25, 0.3) is 0 Å². The Hall–Kier alpha value is -1.22. The first kappa shape index (κ1) is 10.8. The van der Waals surface area contributed by atoms with Crippen LogP contribution in [-0.4, -0.2) is 21.9 Å². The molecule has 0 bridgehead atoms. The van der Waals surface area contributed by atoms with Gasteiger partial charge in [0.2, 0.25) is 0 Å². The number of aromatic hydroxyl groups is 2. The molecule has 0 saturated heterocycles. The van der Waals surface area contributed by atoms with Gasteiger partial charge in [-0.15, -0.1) is 0 Å². The number of aliphatic hydroxyl groups excluding tert-OH is 1. The molecule has 68 valence electrons. The van der Waals surface area contributed by atoms with Crippen molar-refractivity contribution in [3.63, 3.8) is 0 Å². The quantitative estimate of drug-likeness (QED) is 0.551. The largest absolute Gasteiger partial charge is 0.508 e. The molecule has 1 aromatic rings. The Bertz CT molecular complexity index is 183. The van der Waals surface area contributed by atoms with E-state index in [4.69, 9.17) is 15.3 Å². The number of hydrogen-bond donors (Lipinski definition) is 3. The van der Waals surface area contributed by atoms with Gasteiger partial charge in [0.1, 0.15) is 11.5 Å². The summed E-state index contributed by atoms with van der Waals surface area (Å²) in [4.78, 5) is 0. The normalized spacial score (nSPS) is 8.58. The molecule has 0 atom stereocenters. The van der Waals surface area contributed by atoms with E-state index in [1.165, 1.54) is 6.07 Å². The summed E-state index contributed by atoms with van der Waals surface area (Å²) in [5.41, 5.74) is 0.854. The topological polar surface area (TPSA) is 60.7 Å². The lowest BCUT2D eigenvalue weighted by Gasteiger charge is -1.94. The second-order valence-electron chi connectivity index (χ2n) is 2.34. The molecule has 0 saturated carbocycles. The molecule has 0 radical (unpaired) electrons. The van der Waals surface area contributed by atoms with Crippen LogP contribution in [0.15, 0.2) is 18.2 Å². The van der Waals surface area contributed by atoms with E-state index in [1.807, 2.05) is 0 Å². The molecule has 0 aromatic heterocycles. The maximum absolute atomic E-state index is 8.83. The first-order valence-electron chi connectivity index (χ1n) is 3.70. The van der Waals surface area contributed by atoms with E-state index in [0.717, 1.165) is 5.56 Å². The molecule has 0 amide bonds. The van der Waals surface area contributed by atoms with Crippen molar-refractivity contribution in [2.24, 2.45) is 0 Å². The summed E-state index contributed by atoms with van der Waals surface area (Å²) in [5, 5.41) is 25.2. The molecule has 0 aliphatic carbocycles. The van der Waals surface area contributed by atoms with E-state index in [0.29, 0.717) is 0 Å². The van der Waals surface area contributed by atoms with Crippen molar-refractivity contribution in [3.8, 4) is 11.5 Å². The molecule has 1 rings (SSSR count). The summed E-state index contributed by atoms with van der Waals surface area (Å²) >= 11 is 0. The molecule has 1 aromatic carbocycles. The maximum Gasteiger partial charge on any atom is 0.119 e. The van der Waals surface area contributed by atoms with E-state index in [9.17, 15) is 0 Å². The predicted octanol–water partition coefficient (Wildman–Crippen LogP) is 1.40.